The van der Waals surface area contributed by atoms with Crippen LogP contribution in [-0.4, -0.2) is 19.3 Å². The molecule has 2 rings (SSSR count). The van der Waals surface area contributed by atoms with Gasteiger partial charge in [0.25, 0.3) is 0 Å². The van der Waals surface area contributed by atoms with Crippen LogP contribution in [0.3, 0.4) is 0 Å². The third-order valence-electron chi connectivity index (χ3n) is 3.37. The molecule has 2 heterocycles. The molecule has 2 aromatic heterocycles. The second-order valence-corrected chi connectivity index (χ2v) is 4.66. The summed E-state index contributed by atoms with van der Waals surface area (Å²) in [7, 11) is 1.94. The summed E-state index contributed by atoms with van der Waals surface area (Å²) in [5.74, 6) is 0.913. The first-order valence-corrected chi connectivity index (χ1v) is 6.33. The van der Waals surface area contributed by atoms with Gasteiger partial charge in [-0.15, -0.1) is 0 Å². The van der Waals surface area contributed by atoms with E-state index in [4.69, 9.17) is 5.73 Å². The maximum absolute atomic E-state index is 6.37. The van der Waals surface area contributed by atoms with Crippen molar-refractivity contribution in [1.29, 1.82) is 0 Å². The zero-order valence-electron chi connectivity index (χ0n) is 11.5. The Balaban J connectivity index is 2.41. The van der Waals surface area contributed by atoms with Crippen LogP contribution in [0.25, 0.3) is 0 Å². The summed E-state index contributed by atoms with van der Waals surface area (Å²) in [5, 5.41) is 4.42. The molecule has 2 aromatic rings. The lowest BCUT2D eigenvalue weighted by atomic mass is 10.1. The van der Waals surface area contributed by atoms with Gasteiger partial charge in [0.15, 0.2) is 0 Å². The van der Waals surface area contributed by atoms with Gasteiger partial charge < -0.3 is 10.3 Å². The van der Waals surface area contributed by atoms with E-state index in [9.17, 15) is 0 Å². The maximum atomic E-state index is 6.37. The molecule has 0 saturated heterocycles. The van der Waals surface area contributed by atoms with Crippen LogP contribution >= 0.6 is 0 Å². The highest BCUT2D eigenvalue weighted by Crippen LogP contribution is 2.24. The normalized spacial score (nSPS) is 12.9. The Morgan fingerprint density at radius 3 is 2.67 bits per heavy atom. The van der Waals surface area contributed by atoms with Crippen molar-refractivity contribution in [3.05, 3.63) is 35.2 Å². The molecule has 2 N–H and O–H groups in total. The molecule has 18 heavy (non-hydrogen) atoms. The molecule has 0 aromatic carbocycles. The summed E-state index contributed by atoms with van der Waals surface area (Å²) in [6.07, 6.45) is 4.87. The van der Waals surface area contributed by atoms with Crippen molar-refractivity contribution in [1.82, 2.24) is 19.3 Å². The topological polar surface area (TPSA) is 61.7 Å². The first kappa shape index (κ1) is 12.8. The average Bonchev–Trinajstić information content (AvgIpc) is 2.86. The Morgan fingerprint density at radius 2 is 2.11 bits per heavy atom. The number of aromatic nitrogens is 4. The van der Waals surface area contributed by atoms with E-state index in [1.807, 2.05) is 38.0 Å². The van der Waals surface area contributed by atoms with Gasteiger partial charge in [0.05, 0.1) is 11.7 Å². The van der Waals surface area contributed by atoms with E-state index in [2.05, 4.69) is 21.6 Å². The molecule has 0 saturated carbocycles. The Morgan fingerprint density at radius 1 is 1.39 bits per heavy atom. The van der Waals surface area contributed by atoms with E-state index in [1.54, 1.807) is 0 Å². The van der Waals surface area contributed by atoms with Crippen molar-refractivity contribution >= 4 is 0 Å². The molecule has 0 fully saturated rings. The van der Waals surface area contributed by atoms with Gasteiger partial charge in [0.2, 0.25) is 0 Å². The molecular formula is C13H21N5. The van der Waals surface area contributed by atoms with E-state index in [0.717, 1.165) is 35.7 Å². The van der Waals surface area contributed by atoms with E-state index < -0.39 is 0 Å². The molecule has 98 valence electrons. The Bertz CT molecular complexity index is 538. The molecule has 5 heteroatoms. The van der Waals surface area contributed by atoms with Crippen LogP contribution in [0.2, 0.25) is 0 Å². The fourth-order valence-electron chi connectivity index (χ4n) is 2.40. The summed E-state index contributed by atoms with van der Waals surface area (Å²) in [6, 6.07) is -0.208. The van der Waals surface area contributed by atoms with Gasteiger partial charge in [-0.3, -0.25) is 4.68 Å². The number of rotatable bonds is 4. The van der Waals surface area contributed by atoms with Crippen molar-refractivity contribution in [3.63, 3.8) is 0 Å². The van der Waals surface area contributed by atoms with E-state index >= 15 is 0 Å². The summed E-state index contributed by atoms with van der Waals surface area (Å²) < 4.78 is 3.99. The summed E-state index contributed by atoms with van der Waals surface area (Å²) in [6.45, 7) is 7.13. The van der Waals surface area contributed by atoms with Gasteiger partial charge in [0, 0.05) is 37.2 Å². The number of hydrogen-bond acceptors (Lipinski definition) is 3. The van der Waals surface area contributed by atoms with Crippen molar-refractivity contribution in [2.45, 2.75) is 39.8 Å². The minimum Gasteiger partial charge on any atom is -0.333 e. The molecule has 0 aliphatic rings. The zero-order chi connectivity index (χ0) is 13.3. The van der Waals surface area contributed by atoms with Crippen molar-refractivity contribution < 1.29 is 0 Å². The van der Waals surface area contributed by atoms with Crippen molar-refractivity contribution in [2.75, 3.05) is 0 Å². The number of aryl methyl sites for hydroxylation is 3. The van der Waals surface area contributed by atoms with Crippen molar-refractivity contribution in [2.24, 2.45) is 12.8 Å². The maximum Gasteiger partial charge on any atom is 0.130 e. The third kappa shape index (κ3) is 2.06. The summed E-state index contributed by atoms with van der Waals surface area (Å²) in [4.78, 5) is 4.40. The third-order valence-corrected chi connectivity index (χ3v) is 3.37. The fourth-order valence-corrected chi connectivity index (χ4v) is 2.40. The lowest BCUT2D eigenvalue weighted by Crippen LogP contribution is -2.19. The standard InChI is InChI=1S/C13H21N5/c1-5-7-18-8-6-15-13(18)12(14)11-9(2)16-17(4)10(11)3/h6,8,12H,5,7,14H2,1-4H3. The molecule has 0 spiro atoms. The lowest BCUT2D eigenvalue weighted by molar-refractivity contribution is 0.610. The SMILES string of the molecule is CCCn1ccnc1C(N)c1c(C)nn(C)c1C. The van der Waals surface area contributed by atoms with Crippen LogP contribution in [0.1, 0.15) is 42.2 Å². The molecule has 1 atom stereocenters. The summed E-state index contributed by atoms with van der Waals surface area (Å²) >= 11 is 0. The van der Waals surface area contributed by atoms with Gasteiger partial charge in [0.1, 0.15) is 5.82 Å². The van der Waals surface area contributed by atoms with Gasteiger partial charge in [-0.25, -0.2) is 4.98 Å². The van der Waals surface area contributed by atoms with Gasteiger partial charge in [-0.2, -0.15) is 5.10 Å². The van der Waals surface area contributed by atoms with Crippen LogP contribution in [-0.2, 0) is 13.6 Å². The van der Waals surface area contributed by atoms with Crippen LogP contribution in [0.15, 0.2) is 12.4 Å². The molecule has 0 aliphatic carbocycles. The average molecular weight is 247 g/mol. The first-order chi connectivity index (χ1) is 8.56. The lowest BCUT2D eigenvalue weighted by Gasteiger charge is -2.14. The first-order valence-electron chi connectivity index (χ1n) is 6.33. The zero-order valence-corrected chi connectivity index (χ0v) is 11.5. The predicted molar refractivity (Wildman–Crippen MR) is 71.2 cm³/mol. The van der Waals surface area contributed by atoms with Crippen LogP contribution in [0.5, 0.6) is 0 Å². The minimum atomic E-state index is -0.208. The molecule has 0 bridgehead atoms. The molecule has 1 unspecified atom stereocenters. The number of nitrogens with zero attached hydrogens (tertiary/aromatic N) is 4. The number of hydrogen-bond donors (Lipinski definition) is 1. The van der Waals surface area contributed by atoms with Crippen molar-refractivity contribution in [3.8, 4) is 0 Å². The van der Waals surface area contributed by atoms with Gasteiger partial charge in [-0.1, -0.05) is 6.92 Å². The molecule has 0 radical (unpaired) electrons. The second-order valence-electron chi connectivity index (χ2n) is 4.66. The Kier molecular flexibility index (Phi) is 3.52. The molecule has 5 nitrogen and oxygen atoms in total. The van der Waals surface area contributed by atoms with Crippen LogP contribution in [0, 0.1) is 13.8 Å². The van der Waals surface area contributed by atoms with E-state index in [0.29, 0.717) is 0 Å². The van der Waals surface area contributed by atoms with Crippen LogP contribution < -0.4 is 5.73 Å². The number of nitrogens with two attached hydrogens (primary N) is 1. The smallest absolute Gasteiger partial charge is 0.130 e. The Hall–Kier alpha value is -1.62. The van der Waals surface area contributed by atoms with Gasteiger partial charge in [-0.05, 0) is 20.3 Å². The molecule has 0 amide bonds. The monoisotopic (exact) mass is 247 g/mol. The Labute approximate surface area is 108 Å². The van der Waals surface area contributed by atoms with E-state index in [1.165, 1.54) is 0 Å². The predicted octanol–water partition coefficient (Wildman–Crippen LogP) is 1.69. The van der Waals surface area contributed by atoms with Gasteiger partial charge >= 0.3 is 0 Å². The number of imidazole rings is 1. The van der Waals surface area contributed by atoms with Crippen LogP contribution in [0.4, 0.5) is 0 Å². The fraction of sp³-hybridized carbons (Fsp3) is 0.538. The van der Waals surface area contributed by atoms with E-state index in [-0.39, 0.29) is 6.04 Å². The molecule has 0 aliphatic heterocycles. The highest BCUT2D eigenvalue weighted by molar-refractivity contribution is 5.32. The highest BCUT2D eigenvalue weighted by Gasteiger charge is 2.21. The highest BCUT2D eigenvalue weighted by atomic mass is 15.3. The second kappa shape index (κ2) is 4.94. The summed E-state index contributed by atoms with van der Waals surface area (Å²) in [5.41, 5.74) is 9.54. The minimum absolute atomic E-state index is 0.208. The molecular weight excluding hydrogens is 226 g/mol. The largest absolute Gasteiger partial charge is 0.333 e. The quantitative estimate of drug-likeness (QED) is 0.894.